The normalized spacial score (nSPS) is 37.3. The largest absolute Gasteiger partial charge is 0.527 e. The highest BCUT2D eigenvalue weighted by Gasteiger charge is 2.69. The summed E-state index contributed by atoms with van der Waals surface area (Å²) in [5.41, 5.74) is -3.12. The Kier molecular flexibility index (Phi) is 6.52. The van der Waals surface area contributed by atoms with E-state index in [1.807, 2.05) is 0 Å². The van der Waals surface area contributed by atoms with Gasteiger partial charge in [-0.1, -0.05) is 0 Å². The number of hydrogen-bond donors (Lipinski definition) is 6. The second kappa shape index (κ2) is 8.73. The minimum absolute atomic E-state index is 0.0295. The third kappa shape index (κ3) is 4.85. The highest BCUT2D eigenvalue weighted by Crippen LogP contribution is 2.61. The summed E-state index contributed by atoms with van der Waals surface area (Å²) in [4.78, 5) is 25.0. The molecule has 6 N–H and O–H groups in total. The Hall–Kier alpha value is -1.02. The Bertz CT molecular complexity index is 672. The van der Waals surface area contributed by atoms with Gasteiger partial charge < -0.3 is 29.9 Å². The molecule has 31 heavy (non-hydrogen) atoms. The lowest BCUT2D eigenvalue weighted by molar-refractivity contribution is -0.302. The second-order valence-electron chi connectivity index (χ2n) is 8.23. The third-order valence-electron chi connectivity index (χ3n) is 5.51. The highest BCUT2D eigenvalue weighted by molar-refractivity contribution is 7.63. The number of carbonyl (C=O) groups is 2. The lowest BCUT2D eigenvalue weighted by atomic mass is 9.99. The third-order valence-corrected chi connectivity index (χ3v) is 7.76. The van der Waals surface area contributed by atoms with Crippen LogP contribution in [0.25, 0.3) is 0 Å². The van der Waals surface area contributed by atoms with E-state index in [4.69, 9.17) is 18.5 Å². The topological polar surface area (TPSA) is 176 Å². The Morgan fingerprint density at radius 1 is 1.00 bits per heavy atom. The van der Waals surface area contributed by atoms with Crippen molar-refractivity contribution in [3.05, 3.63) is 0 Å². The van der Waals surface area contributed by atoms with Gasteiger partial charge in [0.05, 0.1) is 13.2 Å². The van der Waals surface area contributed by atoms with Gasteiger partial charge in [0, 0.05) is 18.5 Å². The molecule has 4 fully saturated rings. The summed E-state index contributed by atoms with van der Waals surface area (Å²) in [7, 11) is -3.30. The molecule has 0 radical (unpaired) electrons. The van der Waals surface area contributed by atoms with E-state index in [0.29, 0.717) is 0 Å². The SMILES string of the molecule is O=C1O[P+](NC2CC2)(NC2CC2)OC(=O)C1(F)CCOC1O[C@H](CO)[C@@H](O)[C@H](O)[C@H]1O. The number of alkyl halides is 1. The molecule has 2 heterocycles. The number of halogens is 1. The zero-order valence-corrected chi connectivity index (χ0v) is 17.4. The molecule has 2 saturated heterocycles. The van der Waals surface area contributed by atoms with Crippen molar-refractivity contribution in [3.8, 4) is 0 Å². The fourth-order valence-electron chi connectivity index (χ4n) is 3.25. The maximum Gasteiger partial charge on any atom is 0.527 e. The number of ether oxygens (including phenoxy) is 2. The monoisotopic (exact) mass is 469 g/mol. The number of hydrogen-bond acceptors (Lipinski definition) is 12. The van der Waals surface area contributed by atoms with Crippen molar-refractivity contribution in [1.82, 2.24) is 10.2 Å². The molecule has 1 unspecified atom stereocenters. The lowest BCUT2D eigenvalue weighted by Crippen LogP contribution is -2.59. The molecule has 2 aliphatic heterocycles. The first-order chi connectivity index (χ1) is 14.7. The number of aliphatic hydroxyl groups is 4. The van der Waals surface area contributed by atoms with Crippen LogP contribution in [0, 0.1) is 0 Å². The van der Waals surface area contributed by atoms with Crippen LogP contribution in [0.4, 0.5) is 4.39 Å². The highest BCUT2D eigenvalue weighted by atomic mass is 31.2. The number of nitrogens with one attached hydrogen (secondary N) is 2. The van der Waals surface area contributed by atoms with Gasteiger partial charge in [-0.15, -0.1) is 10.2 Å². The molecule has 0 aromatic rings. The molecule has 0 amide bonds. The van der Waals surface area contributed by atoms with Crippen molar-refractivity contribution < 1.29 is 52.9 Å². The van der Waals surface area contributed by atoms with Crippen LogP contribution in [0.2, 0.25) is 0 Å². The van der Waals surface area contributed by atoms with Crippen molar-refractivity contribution in [2.75, 3.05) is 13.2 Å². The minimum atomic E-state index is -3.30. The average Bonchev–Trinajstić information content (AvgIpc) is 3.64. The first-order valence-corrected chi connectivity index (χ1v) is 11.8. The molecule has 4 rings (SSSR count). The van der Waals surface area contributed by atoms with Gasteiger partial charge in [0.2, 0.25) is 0 Å². The maximum atomic E-state index is 15.2. The molecule has 2 saturated carbocycles. The van der Waals surface area contributed by atoms with Crippen LogP contribution < -0.4 is 10.2 Å². The van der Waals surface area contributed by atoms with Crippen LogP contribution in [0.3, 0.4) is 0 Å². The van der Waals surface area contributed by atoms with E-state index >= 15 is 4.39 Å². The summed E-state index contributed by atoms with van der Waals surface area (Å²) >= 11 is 0. The van der Waals surface area contributed by atoms with Gasteiger partial charge in [-0.05, 0) is 25.7 Å². The molecule has 12 nitrogen and oxygen atoms in total. The van der Waals surface area contributed by atoms with Crippen LogP contribution in [0.5, 0.6) is 0 Å². The van der Waals surface area contributed by atoms with E-state index < -0.39 is 76.0 Å². The predicted molar refractivity (Wildman–Crippen MR) is 99.6 cm³/mol. The molecular weight excluding hydrogens is 442 g/mol. The summed E-state index contributed by atoms with van der Waals surface area (Å²) in [5, 5.41) is 44.6. The van der Waals surface area contributed by atoms with Gasteiger partial charge >= 0.3 is 25.6 Å². The Balaban J connectivity index is 1.36. The fourth-order valence-corrected chi connectivity index (χ4v) is 5.81. The first-order valence-electron chi connectivity index (χ1n) is 10.2. The molecule has 5 atom stereocenters. The summed E-state index contributed by atoms with van der Waals surface area (Å²) < 4.78 is 36.1. The zero-order valence-electron chi connectivity index (χ0n) is 16.6. The predicted octanol–water partition coefficient (Wildman–Crippen LogP) is -1.82. The van der Waals surface area contributed by atoms with Crippen LogP contribution >= 0.6 is 8.02 Å². The van der Waals surface area contributed by atoms with Crippen molar-refractivity contribution in [2.24, 2.45) is 0 Å². The van der Waals surface area contributed by atoms with Crippen LogP contribution in [0.1, 0.15) is 32.1 Å². The second-order valence-corrected chi connectivity index (χ2v) is 10.2. The first kappa shape index (κ1) is 23.1. The van der Waals surface area contributed by atoms with Crippen molar-refractivity contribution in [1.29, 1.82) is 0 Å². The van der Waals surface area contributed by atoms with E-state index in [2.05, 4.69) is 10.2 Å². The molecule has 0 bridgehead atoms. The van der Waals surface area contributed by atoms with Gasteiger partial charge in [-0.2, -0.15) is 0 Å². The van der Waals surface area contributed by atoms with Gasteiger partial charge in [0.15, 0.2) is 6.29 Å². The Labute approximate surface area is 177 Å². The van der Waals surface area contributed by atoms with E-state index in [9.17, 15) is 30.0 Å². The molecule has 0 spiro atoms. The Morgan fingerprint density at radius 2 is 1.55 bits per heavy atom. The van der Waals surface area contributed by atoms with Gasteiger partial charge in [-0.25, -0.2) is 23.0 Å². The van der Waals surface area contributed by atoms with E-state index in [0.717, 1.165) is 25.7 Å². The quantitative estimate of drug-likeness (QED) is 0.165. The van der Waals surface area contributed by atoms with E-state index in [-0.39, 0.29) is 12.1 Å². The summed E-state index contributed by atoms with van der Waals surface area (Å²) in [6.07, 6.45) is -5.14. The van der Waals surface area contributed by atoms with E-state index in [1.165, 1.54) is 0 Å². The minimum Gasteiger partial charge on any atom is -0.394 e. The number of aliphatic hydroxyl groups excluding tert-OH is 4. The number of carbonyl (C=O) groups excluding carboxylic acids is 2. The molecular formula is C17H27FN2O10P+. The molecule has 2 aliphatic carbocycles. The smallest absolute Gasteiger partial charge is 0.394 e. The number of rotatable bonds is 9. The van der Waals surface area contributed by atoms with Gasteiger partial charge in [0.25, 0.3) is 0 Å². The van der Waals surface area contributed by atoms with Gasteiger partial charge in [-0.3, -0.25) is 0 Å². The Morgan fingerprint density at radius 3 is 2.03 bits per heavy atom. The summed E-state index contributed by atoms with van der Waals surface area (Å²) in [5.74, 6) is -2.79. The molecule has 4 aliphatic rings. The standard InChI is InChI=1S/C17H27FN2O10P/c18-17(5-6-27-14-13(24)12(23)11(22)10(7-21)28-14)15(25)29-31(30-16(17)26,19-8-1-2-8)20-9-3-4-9/h8-14,19-24H,1-7H2/q+1/t10-,11-,12+,13-,14?/m1/s1. The molecule has 176 valence electrons. The van der Waals surface area contributed by atoms with E-state index in [1.54, 1.807) is 0 Å². The summed E-state index contributed by atoms with van der Waals surface area (Å²) in [6, 6.07) is 0.0589. The van der Waals surface area contributed by atoms with Crippen molar-refractivity contribution >= 4 is 20.0 Å². The van der Waals surface area contributed by atoms with Crippen molar-refractivity contribution in [2.45, 2.75) is 80.6 Å². The van der Waals surface area contributed by atoms with Gasteiger partial charge in [0.1, 0.15) is 24.4 Å². The fraction of sp³-hybridized carbons (Fsp3) is 0.882. The average molecular weight is 469 g/mol. The lowest BCUT2D eigenvalue weighted by Gasteiger charge is -2.39. The summed E-state index contributed by atoms with van der Waals surface area (Å²) in [6.45, 7) is -1.24. The maximum absolute atomic E-state index is 15.2. The molecule has 0 aromatic carbocycles. The van der Waals surface area contributed by atoms with Crippen LogP contribution in [-0.2, 0) is 28.1 Å². The van der Waals surface area contributed by atoms with Crippen molar-refractivity contribution in [3.63, 3.8) is 0 Å². The molecule has 0 aromatic heterocycles. The molecule has 14 heteroatoms. The van der Waals surface area contributed by atoms with Crippen LogP contribution in [-0.4, -0.2) is 94.0 Å². The zero-order chi connectivity index (χ0) is 22.4. The van der Waals surface area contributed by atoms with Crippen LogP contribution in [0.15, 0.2) is 0 Å².